The predicted octanol–water partition coefficient (Wildman–Crippen LogP) is 4.76. The van der Waals surface area contributed by atoms with Gasteiger partial charge in [-0.05, 0) is 37.1 Å². The van der Waals surface area contributed by atoms with Crippen LogP contribution in [0.15, 0.2) is 30.5 Å². The molecule has 0 spiro atoms. The van der Waals surface area contributed by atoms with Gasteiger partial charge in [-0.25, -0.2) is 9.97 Å². The molecule has 26 heavy (non-hydrogen) atoms. The molecule has 9 heteroatoms. The number of rotatable bonds is 4. The van der Waals surface area contributed by atoms with Crippen molar-refractivity contribution in [2.75, 3.05) is 10.6 Å². The van der Waals surface area contributed by atoms with Crippen molar-refractivity contribution in [3.05, 3.63) is 46.7 Å². The zero-order valence-electron chi connectivity index (χ0n) is 13.6. The first kappa shape index (κ1) is 18.4. The van der Waals surface area contributed by atoms with Crippen LogP contribution in [0.25, 0.3) is 0 Å². The van der Waals surface area contributed by atoms with Crippen LogP contribution in [-0.2, 0) is 6.18 Å². The molecule has 1 aromatic carbocycles. The van der Waals surface area contributed by atoms with Crippen molar-refractivity contribution in [2.24, 2.45) is 0 Å². The van der Waals surface area contributed by atoms with E-state index in [9.17, 15) is 18.0 Å². The van der Waals surface area contributed by atoms with Gasteiger partial charge >= 0.3 is 6.18 Å². The van der Waals surface area contributed by atoms with Crippen molar-refractivity contribution in [1.29, 1.82) is 0 Å². The molecule has 1 aliphatic carbocycles. The average Bonchev–Trinajstić information content (AvgIpc) is 3.09. The first-order valence-corrected chi connectivity index (χ1v) is 8.48. The van der Waals surface area contributed by atoms with Gasteiger partial charge in [0.1, 0.15) is 5.69 Å². The Kier molecular flexibility index (Phi) is 5.31. The number of hydrogen-bond donors (Lipinski definition) is 2. The molecule has 1 saturated carbocycles. The van der Waals surface area contributed by atoms with Crippen molar-refractivity contribution >= 4 is 29.1 Å². The van der Waals surface area contributed by atoms with Crippen LogP contribution in [0.4, 0.5) is 24.8 Å². The lowest BCUT2D eigenvalue weighted by atomic mass is 10.2. The Hall–Kier alpha value is -2.35. The highest BCUT2D eigenvalue weighted by Crippen LogP contribution is 2.34. The van der Waals surface area contributed by atoms with E-state index >= 15 is 0 Å². The summed E-state index contributed by atoms with van der Waals surface area (Å²) >= 11 is 5.90. The number of halogens is 4. The number of hydrogen-bond acceptors (Lipinski definition) is 4. The Balaban J connectivity index is 1.76. The summed E-state index contributed by atoms with van der Waals surface area (Å²) < 4.78 is 38.5. The zero-order chi connectivity index (χ0) is 18.7. The molecular weight excluding hydrogens is 369 g/mol. The topological polar surface area (TPSA) is 66.9 Å². The molecule has 1 aliphatic rings. The third-order valence-electron chi connectivity index (χ3n) is 4.12. The number of nitrogens with one attached hydrogen (secondary N) is 2. The highest BCUT2D eigenvalue weighted by atomic mass is 35.5. The summed E-state index contributed by atoms with van der Waals surface area (Å²) in [6, 6.07) is 4.39. The number of carbonyl (C=O) groups is 1. The van der Waals surface area contributed by atoms with E-state index in [0.29, 0.717) is 5.95 Å². The standard InChI is InChI=1S/C17H16ClF3N4O/c18-12-6-5-10(17(19,20)21)9-14(12)24-15(26)13-7-8-22-16(25-13)23-11-3-1-2-4-11/h5-9,11H,1-4H2,(H,24,26)(H,22,23,25). The summed E-state index contributed by atoms with van der Waals surface area (Å²) in [7, 11) is 0. The number of nitrogens with zero attached hydrogens (tertiary/aromatic N) is 2. The molecule has 5 nitrogen and oxygen atoms in total. The van der Waals surface area contributed by atoms with Crippen LogP contribution < -0.4 is 10.6 Å². The molecule has 1 amide bonds. The molecule has 138 valence electrons. The third-order valence-corrected chi connectivity index (χ3v) is 4.45. The maximum absolute atomic E-state index is 12.8. The molecule has 0 aliphatic heterocycles. The number of carbonyl (C=O) groups excluding carboxylic acids is 1. The normalized spacial score (nSPS) is 15.1. The molecule has 0 bridgehead atoms. The summed E-state index contributed by atoms with van der Waals surface area (Å²) in [5, 5.41) is 5.54. The van der Waals surface area contributed by atoms with Gasteiger partial charge in [-0.15, -0.1) is 0 Å². The van der Waals surface area contributed by atoms with Gasteiger partial charge in [0, 0.05) is 12.2 Å². The van der Waals surface area contributed by atoms with E-state index in [1.165, 1.54) is 12.3 Å². The number of aromatic nitrogens is 2. The van der Waals surface area contributed by atoms with Gasteiger partial charge in [0.25, 0.3) is 5.91 Å². The molecule has 2 aromatic rings. The molecule has 0 unspecified atom stereocenters. The van der Waals surface area contributed by atoms with E-state index in [0.717, 1.165) is 43.9 Å². The van der Waals surface area contributed by atoms with E-state index in [4.69, 9.17) is 11.6 Å². The van der Waals surface area contributed by atoms with Crippen LogP contribution in [0.2, 0.25) is 5.02 Å². The summed E-state index contributed by atoms with van der Waals surface area (Å²) in [4.78, 5) is 20.6. The largest absolute Gasteiger partial charge is 0.416 e. The van der Waals surface area contributed by atoms with Crippen LogP contribution in [0.5, 0.6) is 0 Å². The maximum Gasteiger partial charge on any atom is 0.416 e. The molecular formula is C17H16ClF3N4O. The highest BCUT2D eigenvalue weighted by molar-refractivity contribution is 6.33. The van der Waals surface area contributed by atoms with Crippen LogP contribution in [0.1, 0.15) is 41.7 Å². The van der Waals surface area contributed by atoms with Crippen molar-refractivity contribution in [3.63, 3.8) is 0 Å². The Labute approximate surface area is 153 Å². The van der Waals surface area contributed by atoms with Gasteiger partial charge in [-0.1, -0.05) is 24.4 Å². The Morgan fingerprint density at radius 3 is 2.62 bits per heavy atom. The van der Waals surface area contributed by atoms with E-state index in [1.54, 1.807) is 0 Å². The lowest BCUT2D eigenvalue weighted by Crippen LogP contribution is -2.19. The Morgan fingerprint density at radius 2 is 1.92 bits per heavy atom. The second-order valence-electron chi connectivity index (χ2n) is 6.04. The molecule has 0 saturated heterocycles. The van der Waals surface area contributed by atoms with Gasteiger partial charge in [-0.2, -0.15) is 13.2 Å². The number of amides is 1. The van der Waals surface area contributed by atoms with E-state index in [1.807, 2.05) is 0 Å². The fourth-order valence-corrected chi connectivity index (χ4v) is 2.96. The van der Waals surface area contributed by atoms with Gasteiger partial charge in [0.2, 0.25) is 5.95 Å². The van der Waals surface area contributed by atoms with E-state index in [-0.39, 0.29) is 22.4 Å². The fourth-order valence-electron chi connectivity index (χ4n) is 2.79. The minimum atomic E-state index is -4.53. The Morgan fingerprint density at radius 1 is 1.19 bits per heavy atom. The Bertz CT molecular complexity index is 807. The number of alkyl halides is 3. The van der Waals surface area contributed by atoms with Gasteiger partial charge < -0.3 is 10.6 Å². The third kappa shape index (κ3) is 4.43. The van der Waals surface area contributed by atoms with Gasteiger partial charge in [0.15, 0.2) is 0 Å². The fraction of sp³-hybridized carbons (Fsp3) is 0.353. The lowest BCUT2D eigenvalue weighted by Gasteiger charge is -2.13. The first-order valence-electron chi connectivity index (χ1n) is 8.10. The summed E-state index contributed by atoms with van der Waals surface area (Å²) in [5.41, 5.74) is -0.993. The van der Waals surface area contributed by atoms with Crippen molar-refractivity contribution < 1.29 is 18.0 Å². The molecule has 0 radical (unpaired) electrons. The van der Waals surface area contributed by atoms with Crippen molar-refractivity contribution in [1.82, 2.24) is 9.97 Å². The second-order valence-corrected chi connectivity index (χ2v) is 6.44. The quantitative estimate of drug-likeness (QED) is 0.797. The van der Waals surface area contributed by atoms with Crippen LogP contribution in [0.3, 0.4) is 0 Å². The second kappa shape index (κ2) is 7.49. The summed E-state index contributed by atoms with van der Waals surface area (Å²) in [6.07, 6.45) is 1.18. The highest BCUT2D eigenvalue weighted by Gasteiger charge is 2.31. The molecule has 1 heterocycles. The molecule has 1 fully saturated rings. The van der Waals surface area contributed by atoms with Gasteiger partial charge in [-0.3, -0.25) is 4.79 Å². The van der Waals surface area contributed by atoms with Crippen LogP contribution in [0, 0.1) is 0 Å². The SMILES string of the molecule is O=C(Nc1cc(C(F)(F)F)ccc1Cl)c1ccnc(NC2CCCC2)n1. The van der Waals surface area contributed by atoms with Crippen LogP contribution >= 0.6 is 11.6 Å². The minimum Gasteiger partial charge on any atom is -0.351 e. The minimum absolute atomic E-state index is 0.00436. The molecule has 1 aromatic heterocycles. The van der Waals surface area contributed by atoms with Crippen molar-refractivity contribution in [3.8, 4) is 0 Å². The van der Waals surface area contributed by atoms with Gasteiger partial charge in [0.05, 0.1) is 16.3 Å². The number of anilines is 2. The van der Waals surface area contributed by atoms with Crippen molar-refractivity contribution in [2.45, 2.75) is 37.9 Å². The molecule has 0 atom stereocenters. The summed E-state index contributed by atoms with van der Waals surface area (Å²) in [5.74, 6) is -0.345. The molecule has 2 N–H and O–H groups in total. The zero-order valence-corrected chi connectivity index (χ0v) is 14.4. The number of benzene rings is 1. The lowest BCUT2D eigenvalue weighted by molar-refractivity contribution is -0.137. The van der Waals surface area contributed by atoms with Crippen LogP contribution in [-0.4, -0.2) is 21.9 Å². The van der Waals surface area contributed by atoms with E-state index in [2.05, 4.69) is 20.6 Å². The maximum atomic E-state index is 12.8. The molecule has 3 rings (SSSR count). The van der Waals surface area contributed by atoms with E-state index < -0.39 is 17.6 Å². The monoisotopic (exact) mass is 384 g/mol. The average molecular weight is 385 g/mol. The smallest absolute Gasteiger partial charge is 0.351 e. The first-order chi connectivity index (χ1) is 12.3. The summed E-state index contributed by atoms with van der Waals surface area (Å²) in [6.45, 7) is 0. The predicted molar refractivity (Wildman–Crippen MR) is 92.3 cm³/mol.